The highest BCUT2D eigenvalue weighted by Gasteiger charge is 2.43. The van der Waals surface area contributed by atoms with Crippen molar-refractivity contribution in [1.82, 2.24) is 24.2 Å². The van der Waals surface area contributed by atoms with Gasteiger partial charge in [-0.05, 0) is 52.4 Å². The van der Waals surface area contributed by atoms with Gasteiger partial charge in [-0.2, -0.15) is 9.57 Å². The lowest BCUT2D eigenvalue weighted by molar-refractivity contribution is -0.155. The fraction of sp³-hybridized carbons (Fsp3) is 0.690. The Morgan fingerprint density at radius 2 is 1.98 bits per heavy atom. The van der Waals surface area contributed by atoms with Crippen molar-refractivity contribution in [3.8, 4) is 6.07 Å². The molecule has 1 aliphatic carbocycles. The molecule has 242 valence electrons. The molecule has 3 heterocycles. The second kappa shape index (κ2) is 12.7. The number of nitriles is 1. The largest absolute Gasteiger partial charge is 0.457 e. The summed E-state index contributed by atoms with van der Waals surface area (Å²) in [6.07, 6.45) is 4.97. The van der Waals surface area contributed by atoms with Crippen LogP contribution in [0, 0.1) is 17.2 Å². The SMILES string of the molecule is CCC1(c2c(C#N)c(Cl)c3cnc(N[C@@H]4CCN(S(C)(=O)=O)C[C@@H]4OC(=O)[C@@H](NC(=O)OC(C)(C)C)C(C)C)nn23)CCC1. The summed E-state index contributed by atoms with van der Waals surface area (Å²) in [5.41, 5.74) is 0.704. The number of rotatable bonds is 9. The minimum absolute atomic E-state index is 0.0974. The number of alkyl carbamates (subject to hydrolysis) is 1. The van der Waals surface area contributed by atoms with Gasteiger partial charge in [-0.3, -0.25) is 0 Å². The first-order chi connectivity index (χ1) is 20.5. The molecule has 2 fully saturated rings. The summed E-state index contributed by atoms with van der Waals surface area (Å²) in [7, 11) is -3.58. The Kier molecular flexibility index (Phi) is 9.73. The van der Waals surface area contributed by atoms with Gasteiger partial charge in [0.05, 0.1) is 41.3 Å². The molecule has 2 aliphatic rings. The van der Waals surface area contributed by atoms with Gasteiger partial charge >= 0.3 is 12.1 Å². The second-order valence-electron chi connectivity index (χ2n) is 13.0. The zero-order chi connectivity index (χ0) is 32.6. The first-order valence-corrected chi connectivity index (χ1v) is 17.1. The number of hydrogen-bond donors (Lipinski definition) is 2. The number of nitrogens with one attached hydrogen (secondary N) is 2. The molecule has 1 amide bonds. The molecule has 44 heavy (non-hydrogen) atoms. The van der Waals surface area contributed by atoms with E-state index >= 15 is 0 Å². The maximum absolute atomic E-state index is 13.4. The number of sulfonamides is 1. The van der Waals surface area contributed by atoms with Crippen molar-refractivity contribution >= 4 is 45.2 Å². The smallest absolute Gasteiger partial charge is 0.408 e. The third kappa shape index (κ3) is 7.05. The molecule has 0 radical (unpaired) electrons. The monoisotopic (exact) mass is 651 g/mol. The van der Waals surface area contributed by atoms with Crippen LogP contribution in [0.15, 0.2) is 6.20 Å². The Morgan fingerprint density at radius 3 is 2.50 bits per heavy atom. The van der Waals surface area contributed by atoms with Crippen LogP contribution < -0.4 is 10.6 Å². The van der Waals surface area contributed by atoms with Crippen molar-refractivity contribution in [3.63, 3.8) is 0 Å². The summed E-state index contributed by atoms with van der Waals surface area (Å²) in [5, 5.41) is 20.8. The number of anilines is 1. The molecule has 0 bridgehead atoms. The minimum atomic E-state index is -3.58. The van der Waals surface area contributed by atoms with Gasteiger partial charge in [-0.15, -0.1) is 5.10 Å². The van der Waals surface area contributed by atoms with Crippen molar-refractivity contribution in [2.24, 2.45) is 5.92 Å². The minimum Gasteiger partial charge on any atom is -0.457 e. The van der Waals surface area contributed by atoms with E-state index in [1.54, 1.807) is 45.3 Å². The van der Waals surface area contributed by atoms with Crippen molar-refractivity contribution in [3.05, 3.63) is 22.5 Å². The molecule has 0 aromatic carbocycles. The zero-order valence-corrected chi connectivity index (χ0v) is 27.9. The number of hydrogen-bond acceptors (Lipinski definition) is 10. The quantitative estimate of drug-likeness (QED) is 0.378. The highest BCUT2D eigenvalue weighted by molar-refractivity contribution is 7.88. The Hall–Kier alpha value is -3.15. The molecule has 2 N–H and O–H groups in total. The molecule has 1 saturated heterocycles. The normalized spacial score (nSPS) is 21.3. The summed E-state index contributed by atoms with van der Waals surface area (Å²) < 4.78 is 39.0. The Bertz CT molecular complexity index is 1550. The third-order valence-corrected chi connectivity index (χ3v) is 10.0. The molecule has 15 heteroatoms. The van der Waals surface area contributed by atoms with Gasteiger partial charge < -0.3 is 20.1 Å². The Balaban J connectivity index is 1.63. The number of halogens is 1. The van der Waals surface area contributed by atoms with Crippen molar-refractivity contribution in [2.45, 2.75) is 103 Å². The molecule has 2 aromatic heterocycles. The summed E-state index contributed by atoms with van der Waals surface area (Å²) in [5.74, 6) is -0.848. The van der Waals surface area contributed by atoms with Crippen LogP contribution in [0.4, 0.5) is 10.7 Å². The number of aromatic nitrogens is 3. The molecule has 13 nitrogen and oxygen atoms in total. The number of nitrogens with zero attached hydrogens (tertiary/aromatic N) is 5. The topological polar surface area (TPSA) is 168 Å². The summed E-state index contributed by atoms with van der Waals surface area (Å²) in [4.78, 5) is 30.3. The standard InChI is InChI=1S/C29H42ClN7O6S/c1-8-29(11-9-12-29)24-18(14-31)22(30)20-15-32-26(35-37(20)24)33-19-10-13-36(44(7,40)41)16-21(19)42-25(38)23(17(2)3)34-27(39)43-28(4,5)6/h15,17,19,21,23H,8-13,16H2,1-7H3,(H,33,35)(H,34,39)/t19-,21+,23+/m1/s1. The van der Waals surface area contributed by atoms with Crippen molar-refractivity contribution in [2.75, 3.05) is 24.7 Å². The van der Waals surface area contributed by atoms with E-state index in [2.05, 4.69) is 28.6 Å². The first-order valence-electron chi connectivity index (χ1n) is 14.9. The lowest BCUT2D eigenvalue weighted by Gasteiger charge is -2.41. The van der Waals surface area contributed by atoms with Crippen LogP contribution >= 0.6 is 11.6 Å². The molecular weight excluding hydrogens is 610 g/mol. The lowest BCUT2D eigenvalue weighted by atomic mass is 9.64. The molecule has 0 unspecified atom stereocenters. The second-order valence-corrected chi connectivity index (χ2v) is 15.4. The number of esters is 1. The number of amides is 1. The van der Waals surface area contributed by atoms with Gasteiger partial charge in [-0.25, -0.2) is 27.5 Å². The first kappa shape index (κ1) is 33.7. The maximum atomic E-state index is 13.4. The summed E-state index contributed by atoms with van der Waals surface area (Å²) >= 11 is 6.61. The molecular formula is C29H42ClN7O6S. The number of carbonyl (C=O) groups excluding carboxylic acids is 2. The molecule has 1 aliphatic heterocycles. The fourth-order valence-electron chi connectivity index (χ4n) is 5.82. The lowest BCUT2D eigenvalue weighted by Crippen LogP contribution is -2.55. The van der Waals surface area contributed by atoms with Gasteiger partial charge in [0.15, 0.2) is 0 Å². The number of fused-ring (bicyclic) bond motifs is 1. The Morgan fingerprint density at radius 1 is 1.30 bits per heavy atom. The van der Waals surface area contributed by atoms with Crippen LogP contribution in [-0.2, 0) is 29.7 Å². The van der Waals surface area contributed by atoms with E-state index in [-0.39, 0.29) is 30.4 Å². The molecule has 2 aromatic rings. The predicted molar refractivity (Wildman–Crippen MR) is 165 cm³/mol. The maximum Gasteiger partial charge on any atom is 0.408 e. The van der Waals surface area contributed by atoms with E-state index in [1.165, 1.54) is 4.31 Å². The van der Waals surface area contributed by atoms with Gasteiger partial charge in [0.25, 0.3) is 0 Å². The number of ether oxygens (including phenoxy) is 2. The predicted octanol–water partition coefficient (Wildman–Crippen LogP) is 3.99. The van der Waals surface area contributed by atoms with Crippen molar-refractivity contribution in [1.29, 1.82) is 5.26 Å². The molecule has 3 atom stereocenters. The number of carbonyl (C=O) groups is 2. The van der Waals surface area contributed by atoms with Crippen LogP contribution in [0.3, 0.4) is 0 Å². The van der Waals surface area contributed by atoms with E-state index in [0.29, 0.717) is 22.5 Å². The molecule has 0 spiro atoms. The average Bonchev–Trinajstić information content (AvgIpc) is 3.17. The highest BCUT2D eigenvalue weighted by Crippen LogP contribution is 2.49. The summed E-state index contributed by atoms with van der Waals surface area (Å²) in [6.45, 7) is 10.8. The summed E-state index contributed by atoms with van der Waals surface area (Å²) in [6, 6.07) is 0.664. The zero-order valence-electron chi connectivity index (χ0n) is 26.3. The van der Waals surface area contributed by atoms with Crippen LogP contribution in [-0.4, -0.2) is 82.5 Å². The van der Waals surface area contributed by atoms with E-state index in [9.17, 15) is 23.3 Å². The van der Waals surface area contributed by atoms with Crippen LogP contribution in [0.5, 0.6) is 0 Å². The van der Waals surface area contributed by atoms with E-state index in [4.69, 9.17) is 26.2 Å². The van der Waals surface area contributed by atoms with Crippen LogP contribution in [0.1, 0.15) is 84.9 Å². The highest BCUT2D eigenvalue weighted by atomic mass is 35.5. The van der Waals surface area contributed by atoms with Gasteiger partial charge in [0.1, 0.15) is 29.3 Å². The average molecular weight is 652 g/mol. The molecule has 4 rings (SSSR count). The Labute approximate surface area is 263 Å². The number of piperidine rings is 1. The van der Waals surface area contributed by atoms with Crippen molar-refractivity contribution < 1.29 is 27.5 Å². The third-order valence-electron chi connectivity index (χ3n) is 8.39. The fourth-order valence-corrected chi connectivity index (χ4v) is 6.94. The van der Waals surface area contributed by atoms with Crippen LogP contribution in [0.2, 0.25) is 5.02 Å². The van der Waals surface area contributed by atoms with Gasteiger partial charge in [0, 0.05) is 12.0 Å². The van der Waals surface area contributed by atoms with Gasteiger partial charge in [0.2, 0.25) is 16.0 Å². The van der Waals surface area contributed by atoms with Gasteiger partial charge in [-0.1, -0.05) is 38.8 Å². The van der Waals surface area contributed by atoms with E-state index in [0.717, 1.165) is 37.6 Å². The van der Waals surface area contributed by atoms with Crippen LogP contribution in [0.25, 0.3) is 5.52 Å². The van der Waals surface area contributed by atoms with E-state index < -0.39 is 45.9 Å². The molecule has 1 saturated carbocycles. The van der Waals surface area contributed by atoms with E-state index in [1.807, 2.05) is 0 Å².